The molecule has 1 aromatic rings. The van der Waals surface area contributed by atoms with Crippen LogP contribution in [0.1, 0.15) is 32.1 Å². The fourth-order valence-electron chi connectivity index (χ4n) is 4.45. The number of ether oxygens (including phenoxy) is 2. The highest BCUT2D eigenvalue weighted by Crippen LogP contribution is 2.42. The number of hydrogen-bond acceptors (Lipinski definition) is 4. The van der Waals surface area contributed by atoms with Crippen LogP contribution in [0.5, 0.6) is 5.75 Å². The van der Waals surface area contributed by atoms with E-state index in [2.05, 4.69) is 10.8 Å². The Kier molecular flexibility index (Phi) is 6.41. The monoisotopic (exact) mass is 370 g/mol. The largest absolute Gasteiger partial charge is 0.484 e. The average molecular weight is 370 g/mol. The molecule has 2 fully saturated rings. The first-order valence-electron chi connectivity index (χ1n) is 9.76. The van der Waals surface area contributed by atoms with Gasteiger partial charge in [-0.05, 0) is 51.3 Å². The van der Waals surface area contributed by atoms with Crippen LogP contribution in [0.15, 0.2) is 30.3 Å². The van der Waals surface area contributed by atoms with Gasteiger partial charge < -0.3 is 14.4 Å². The van der Waals surface area contributed by atoms with Gasteiger partial charge in [-0.1, -0.05) is 24.1 Å². The van der Waals surface area contributed by atoms with E-state index < -0.39 is 0 Å². The molecular formula is C22H30N2O3. The minimum absolute atomic E-state index is 0.00810. The molecule has 146 valence electrons. The highest BCUT2D eigenvalue weighted by molar-refractivity contribution is 5.78. The quantitative estimate of drug-likeness (QED) is 0.722. The third-order valence-electron chi connectivity index (χ3n) is 6.01. The number of nitrogens with zero attached hydrogens (tertiary/aromatic N) is 2. The maximum absolute atomic E-state index is 12.8. The van der Waals surface area contributed by atoms with E-state index in [9.17, 15) is 4.79 Å². The lowest BCUT2D eigenvalue weighted by atomic mass is 9.76. The third kappa shape index (κ3) is 4.63. The van der Waals surface area contributed by atoms with Crippen molar-refractivity contribution >= 4 is 5.91 Å². The maximum Gasteiger partial charge on any atom is 0.260 e. The summed E-state index contributed by atoms with van der Waals surface area (Å²) in [4.78, 5) is 16.8. The lowest BCUT2D eigenvalue weighted by Gasteiger charge is -2.48. The van der Waals surface area contributed by atoms with Crippen molar-refractivity contribution in [3.05, 3.63) is 30.3 Å². The van der Waals surface area contributed by atoms with Gasteiger partial charge in [0.1, 0.15) is 5.75 Å². The third-order valence-corrected chi connectivity index (χ3v) is 6.01. The molecule has 1 saturated carbocycles. The average Bonchev–Trinajstić information content (AvgIpc) is 3.14. The molecule has 3 rings (SSSR count). The summed E-state index contributed by atoms with van der Waals surface area (Å²) in [5.41, 5.74) is -0.0333. The Morgan fingerprint density at radius 1 is 1.30 bits per heavy atom. The van der Waals surface area contributed by atoms with Crippen molar-refractivity contribution in [1.29, 1.82) is 0 Å². The van der Waals surface area contributed by atoms with Gasteiger partial charge in [-0.15, -0.1) is 6.42 Å². The second kappa shape index (κ2) is 8.77. The van der Waals surface area contributed by atoms with E-state index in [-0.39, 0.29) is 30.2 Å². The van der Waals surface area contributed by atoms with E-state index in [1.54, 1.807) is 0 Å². The van der Waals surface area contributed by atoms with E-state index in [1.807, 2.05) is 49.3 Å². The number of benzene rings is 1. The number of amides is 1. The van der Waals surface area contributed by atoms with E-state index in [4.69, 9.17) is 15.9 Å². The number of terminal acetylenes is 1. The molecule has 5 heteroatoms. The molecule has 0 radical (unpaired) electrons. The van der Waals surface area contributed by atoms with Crippen LogP contribution in [-0.4, -0.2) is 67.2 Å². The number of carbonyl (C=O) groups is 1. The topological polar surface area (TPSA) is 42.0 Å². The molecule has 3 atom stereocenters. The van der Waals surface area contributed by atoms with Crippen LogP contribution in [0.25, 0.3) is 0 Å². The van der Waals surface area contributed by atoms with Crippen molar-refractivity contribution in [1.82, 2.24) is 9.80 Å². The molecule has 0 N–H and O–H groups in total. The van der Waals surface area contributed by atoms with E-state index in [0.717, 1.165) is 38.7 Å². The normalized spacial score (nSPS) is 27.5. The first kappa shape index (κ1) is 19.7. The van der Waals surface area contributed by atoms with Crippen LogP contribution in [0.2, 0.25) is 0 Å². The summed E-state index contributed by atoms with van der Waals surface area (Å²) in [5.74, 6) is 3.44. The van der Waals surface area contributed by atoms with Gasteiger partial charge in [0.25, 0.3) is 5.91 Å². The van der Waals surface area contributed by atoms with Gasteiger partial charge in [0.2, 0.25) is 0 Å². The number of carbonyl (C=O) groups excluding carboxylic acids is 1. The van der Waals surface area contributed by atoms with Gasteiger partial charge in [-0.3, -0.25) is 9.69 Å². The fraction of sp³-hybridized carbons (Fsp3) is 0.591. The standard InChI is InChI=1S/C22H30N2O3/c1-4-14-23(2)20-16-22(12-8-15-27-22)13-11-19(20)24(3)21(25)17-26-18-9-6-5-7-10-18/h1,5-7,9-10,19-20H,8,11-17H2,2-3H3. The molecule has 1 saturated heterocycles. The summed E-state index contributed by atoms with van der Waals surface area (Å²) in [6, 6.07) is 9.75. The van der Waals surface area contributed by atoms with Gasteiger partial charge in [0.05, 0.1) is 12.1 Å². The van der Waals surface area contributed by atoms with Crippen molar-refractivity contribution in [2.75, 3.05) is 33.9 Å². The van der Waals surface area contributed by atoms with Gasteiger partial charge in [-0.2, -0.15) is 0 Å². The summed E-state index contributed by atoms with van der Waals surface area (Å²) in [6.45, 7) is 1.46. The predicted octanol–water partition coefficient (Wildman–Crippen LogP) is 2.56. The Bertz CT molecular complexity index is 664. The Hall–Kier alpha value is -2.03. The van der Waals surface area contributed by atoms with Gasteiger partial charge in [0, 0.05) is 25.7 Å². The molecular weight excluding hydrogens is 340 g/mol. The predicted molar refractivity (Wildman–Crippen MR) is 106 cm³/mol. The van der Waals surface area contributed by atoms with Crippen molar-refractivity contribution in [2.24, 2.45) is 0 Å². The minimum Gasteiger partial charge on any atom is -0.484 e. The molecule has 27 heavy (non-hydrogen) atoms. The first-order valence-corrected chi connectivity index (χ1v) is 9.76. The molecule has 0 aromatic heterocycles. The Morgan fingerprint density at radius 2 is 2.07 bits per heavy atom. The van der Waals surface area contributed by atoms with E-state index >= 15 is 0 Å². The number of para-hydroxylation sites is 1. The van der Waals surface area contributed by atoms with Crippen LogP contribution in [0.4, 0.5) is 0 Å². The summed E-state index contributed by atoms with van der Waals surface area (Å²) in [7, 11) is 3.93. The smallest absolute Gasteiger partial charge is 0.260 e. The van der Waals surface area contributed by atoms with Crippen molar-refractivity contribution in [3.63, 3.8) is 0 Å². The Labute approximate surface area is 162 Å². The molecule has 3 unspecified atom stereocenters. The number of likely N-dealkylation sites (N-methyl/N-ethyl adjacent to an activating group) is 2. The van der Waals surface area contributed by atoms with E-state index in [0.29, 0.717) is 12.3 Å². The van der Waals surface area contributed by atoms with Crippen molar-refractivity contribution < 1.29 is 14.3 Å². The molecule has 1 aliphatic carbocycles. The molecule has 0 bridgehead atoms. The SMILES string of the molecule is C#CCN(C)C1CC2(CCCO2)CCC1N(C)C(=O)COc1ccccc1. The van der Waals surface area contributed by atoms with Crippen molar-refractivity contribution in [3.8, 4) is 18.1 Å². The molecule has 1 heterocycles. The van der Waals surface area contributed by atoms with Gasteiger partial charge in [0.15, 0.2) is 6.61 Å². The minimum atomic E-state index is -0.0333. The zero-order valence-electron chi connectivity index (χ0n) is 16.4. The molecule has 1 aromatic carbocycles. The Morgan fingerprint density at radius 3 is 2.74 bits per heavy atom. The summed E-state index contributed by atoms with van der Waals surface area (Å²) in [6.07, 6.45) is 10.6. The maximum atomic E-state index is 12.8. The second-order valence-electron chi connectivity index (χ2n) is 7.74. The van der Waals surface area contributed by atoms with Crippen LogP contribution < -0.4 is 4.74 Å². The van der Waals surface area contributed by atoms with E-state index in [1.165, 1.54) is 0 Å². The zero-order valence-corrected chi connectivity index (χ0v) is 16.4. The molecule has 2 aliphatic rings. The van der Waals surface area contributed by atoms with Crippen LogP contribution in [-0.2, 0) is 9.53 Å². The summed E-state index contributed by atoms with van der Waals surface area (Å²) < 4.78 is 11.8. The molecule has 5 nitrogen and oxygen atoms in total. The lowest BCUT2D eigenvalue weighted by molar-refractivity contribution is -0.139. The number of rotatable bonds is 6. The fourth-order valence-corrected chi connectivity index (χ4v) is 4.45. The summed E-state index contributed by atoms with van der Waals surface area (Å²) >= 11 is 0. The second-order valence-corrected chi connectivity index (χ2v) is 7.74. The van der Waals surface area contributed by atoms with Gasteiger partial charge in [-0.25, -0.2) is 0 Å². The van der Waals surface area contributed by atoms with Crippen LogP contribution in [0, 0.1) is 12.3 Å². The lowest BCUT2D eigenvalue weighted by Crippen LogP contribution is -2.58. The molecule has 1 amide bonds. The Balaban J connectivity index is 1.66. The highest BCUT2D eigenvalue weighted by atomic mass is 16.5. The molecule has 1 spiro atoms. The van der Waals surface area contributed by atoms with Crippen LogP contribution in [0.3, 0.4) is 0 Å². The highest BCUT2D eigenvalue weighted by Gasteiger charge is 2.46. The summed E-state index contributed by atoms with van der Waals surface area (Å²) in [5, 5.41) is 0. The molecule has 1 aliphatic heterocycles. The van der Waals surface area contributed by atoms with Gasteiger partial charge >= 0.3 is 0 Å². The first-order chi connectivity index (χ1) is 13.0. The number of hydrogen-bond donors (Lipinski definition) is 0. The van der Waals surface area contributed by atoms with Crippen molar-refractivity contribution in [2.45, 2.75) is 49.8 Å². The van der Waals surface area contributed by atoms with Crippen LogP contribution >= 0.6 is 0 Å². The zero-order chi connectivity index (χ0) is 19.3.